The van der Waals surface area contributed by atoms with Gasteiger partial charge in [0, 0.05) is 30.3 Å². The molecule has 7 rings (SSSR count). The van der Waals surface area contributed by atoms with Gasteiger partial charge in [-0.3, -0.25) is 19.8 Å². The SMILES string of the molecule is Cc1cc(-c2ncnn3cc(CCCCN4CCC(c5ccc(C6CCC(=O)NC6=O)cc5)CC4)cc23)ccc1CN(C(=O)OC(=O)c1ncon1)C(C)(C)C. The molecule has 56 heavy (non-hydrogen) atoms. The summed E-state index contributed by atoms with van der Waals surface area (Å²) >= 11 is 0. The molecule has 0 saturated carbocycles. The van der Waals surface area contributed by atoms with Crippen LogP contribution in [0.3, 0.4) is 0 Å². The fourth-order valence-electron chi connectivity index (χ4n) is 7.72. The highest BCUT2D eigenvalue weighted by molar-refractivity contribution is 6.01. The van der Waals surface area contributed by atoms with Gasteiger partial charge in [0.15, 0.2) is 0 Å². The molecule has 2 fully saturated rings. The Balaban J connectivity index is 0.906. The Kier molecular flexibility index (Phi) is 11.4. The minimum atomic E-state index is -0.977. The van der Waals surface area contributed by atoms with E-state index in [9.17, 15) is 19.2 Å². The van der Waals surface area contributed by atoms with Gasteiger partial charge in [-0.25, -0.2) is 19.1 Å². The van der Waals surface area contributed by atoms with Crippen molar-refractivity contribution in [2.75, 3.05) is 19.6 Å². The molecule has 5 aromatic rings. The maximum Gasteiger partial charge on any atom is 0.418 e. The Morgan fingerprint density at radius 3 is 2.45 bits per heavy atom. The topological polar surface area (TPSA) is 165 Å². The summed E-state index contributed by atoms with van der Waals surface area (Å²) in [5.74, 6) is -1.38. The molecular weight excluding hydrogens is 713 g/mol. The molecule has 0 radical (unpaired) electrons. The van der Waals surface area contributed by atoms with Crippen LogP contribution in [0.25, 0.3) is 16.8 Å². The first-order valence-electron chi connectivity index (χ1n) is 19.3. The van der Waals surface area contributed by atoms with Crippen molar-refractivity contribution in [2.24, 2.45) is 0 Å². The highest BCUT2D eigenvalue weighted by Crippen LogP contribution is 2.32. The molecular formula is C42H48N8O6. The first-order valence-corrected chi connectivity index (χ1v) is 19.3. The van der Waals surface area contributed by atoms with Crippen molar-refractivity contribution in [1.82, 2.24) is 39.9 Å². The number of piperidine rings is 2. The summed E-state index contributed by atoms with van der Waals surface area (Å²) in [6, 6.07) is 16.7. The number of aromatic nitrogens is 5. The first kappa shape index (κ1) is 38.5. The Hall–Kier alpha value is -5.76. The zero-order valence-corrected chi connectivity index (χ0v) is 32.4. The number of unbranched alkanes of at least 4 members (excludes halogenated alkanes) is 1. The number of carbonyl (C=O) groups is 4. The van der Waals surface area contributed by atoms with Gasteiger partial charge in [-0.05, 0) is 132 Å². The van der Waals surface area contributed by atoms with Crippen molar-refractivity contribution in [2.45, 2.75) is 96.6 Å². The maximum absolute atomic E-state index is 13.1. The largest absolute Gasteiger partial charge is 0.418 e. The maximum atomic E-state index is 13.1. The van der Waals surface area contributed by atoms with Crippen LogP contribution in [-0.2, 0) is 27.3 Å². The Bertz CT molecular complexity index is 2200. The quantitative estimate of drug-likeness (QED) is 0.0687. The lowest BCUT2D eigenvalue weighted by atomic mass is 9.86. The molecule has 1 unspecified atom stereocenters. The number of amides is 3. The predicted octanol–water partition coefficient (Wildman–Crippen LogP) is 6.39. The highest BCUT2D eigenvalue weighted by atomic mass is 16.6. The van der Waals surface area contributed by atoms with Gasteiger partial charge >= 0.3 is 12.1 Å². The normalized spacial score (nSPS) is 16.9. The van der Waals surface area contributed by atoms with Gasteiger partial charge in [0.25, 0.3) is 5.82 Å². The summed E-state index contributed by atoms with van der Waals surface area (Å²) in [6.45, 7) is 11.1. The van der Waals surface area contributed by atoms with E-state index in [4.69, 9.17) is 4.74 Å². The van der Waals surface area contributed by atoms with E-state index in [1.165, 1.54) is 16.0 Å². The molecule has 14 nitrogen and oxygen atoms in total. The lowest BCUT2D eigenvalue weighted by Crippen LogP contribution is -2.46. The monoisotopic (exact) mass is 760 g/mol. The van der Waals surface area contributed by atoms with E-state index >= 15 is 0 Å². The van der Waals surface area contributed by atoms with Crippen LogP contribution in [0.5, 0.6) is 0 Å². The zero-order valence-electron chi connectivity index (χ0n) is 32.4. The van der Waals surface area contributed by atoms with E-state index in [1.54, 1.807) is 6.33 Å². The van der Waals surface area contributed by atoms with E-state index in [0.29, 0.717) is 18.8 Å². The number of hydrogen-bond donors (Lipinski definition) is 1. The molecule has 5 heterocycles. The number of rotatable bonds is 11. The Labute approximate surface area is 325 Å². The second kappa shape index (κ2) is 16.5. The zero-order chi connectivity index (χ0) is 39.4. The lowest BCUT2D eigenvalue weighted by Gasteiger charge is -2.34. The van der Waals surface area contributed by atoms with Gasteiger partial charge in [-0.15, -0.1) is 0 Å². The summed E-state index contributed by atoms with van der Waals surface area (Å²) < 4.78 is 11.6. The van der Waals surface area contributed by atoms with Crippen LogP contribution in [0.2, 0.25) is 0 Å². The summed E-state index contributed by atoms with van der Waals surface area (Å²) in [7, 11) is 0. The molecule has 3 aromatic heterocycles. The molecule has 0 spiro atoms. The number of nitrogens with one attached hydrogen (secondary N) is 1. The molecule has 3 amide bonds. The molecule has 0 bridgehead atoms. The molecule has 2 aliphatic heterocycles. The van der Waals surface area contributed by atoms with Gasteiger partial charge in [0.2, 0.25) is 18.2 Å². The third-order valence-electron chi connectivity index (χ3n) is 11.0. The number of imide groups is 1. The van der Waals surface area contributed by atoms with Crippen LogP contribution in [-0.4, -0.2) is 83.6 Å². The number of ether oxygens (including phenoxy) is 1. The molecule has 292 valence electrons. The average Bonchev–Trinajstić information content (AvgIpc) is 3.87. The van der Waals surface area contributed by atoms with E-state index in [-0.39, 0.29) is 30.1 Å². The standard InChI is InChI=1S/C42H48N8O6/c1-27-21-32(12-13-33(27)24-49(42(2,3)4)41(54)56-40(53)38-44-26-55-47-38)37-35-22-28(23-50(35)45-25-43-37)7-5-6-18-48-19-16-30(17-20-48)29-8-10-31(11-9-29)34-14-15-36(51)46-39(34)52/h8-13,21-23,25-26,30,34H,5-7,14-20,24H2,1-4H3,(H,46,51,52). The molecule has 2 saturated heterocycles. The number of aryl methyl sites for hydroxylation is 2. The third kappa shape index (κ3) is 8.86. The fourth-order valence-corrected chi connectivity index (χ4v) is 7.72. The number of likely N-dealkylation sites (tertiary alicyclic amines) is 1. The number of nitrogens with zero attached hydrogens (tertiary/aromatic N) is 7. The number of esters is 1. The summed E-state index contributed by atoms with van der Waals surface area (Å²) in [5, 5.41) is 10.4. The van der Waals surface area contributed by atoms with Crippen LogP contribution < -0.4 is 5.32 Å². The van der Waals surface area contributed by atoms with Gasteiger partial charge < -0.3 is 14.2 Å². The van der Waals surface area contributed by atoms with Crippen molar-refractivity contribution in [3.05, 3.63) is 101 Å². The molecule has 2 aromatic carbocycles. The third-order valence-corrected chi connectivity index (χ3v) is 11.0. The van der Waals surface area contributed by atoms with E-state index in [0.717, 1.165) is 91.6 Å². The van der Waals surface area contributed by atoms with E-state index in [2.05, 4.69) is 77.6 Å². The van der Waals surface area contributed by atoms with Crippen molar-refractivity contribution in [3.63, 3.8) is 0 Å². The van der Waals surface area contributed by atoms with E-state index in [1.807, 2.05) is 44.3 Å². The van der Waals surface area contributed by atoms with Crippen LogP contribution in [0.1, 0.15) is 110 Å². The Morgan fingerprint density at radius 1 is 0.982 bits per heavy atom. The smallest absolute Gasteiger partial charge is 0.370 e. The first-order chi connectivity index (χ1) is 26.9. The highest BCUT2D eigenvalue weighted by Gasteiger charge is 2.32. The van der Waals surface area contributed by atoms with Crippen LogP contribution >= 0.6 is 0 Å². The van der Waals surface area contributed by atoms with Gasteiger partial charge in [-0.1, -0.05) is 41.6 Å². The van der Waals surface area contributed by atoms with Gasteiger partial charge in [-0.2, -0.15) is 10.1 Å². The second-order valence-electron chi connectivity index (χ2n) is 15.8. The number of benzene rings is 2. The van der Waals surface area contributed by atoms with Gasteiger partial charge in [0.05, 0.1) is 17.1 Å². The predicted molar refractivity (Wildman–Crippen MR) is 206 cm³/mol. The molecule has 2 aliphatic rings. The van der Waals surface area contributed by atoms with Crippen molar-refractivity contribution < 1.29 is 28.4 Å². The number of fused-ring (bicyclic) bond motifs is 1. The molecule has 1 atom stereocenters. The van der Waals surface area contributed by atoms with Crippen molar-refractivity contribution in [1.29, 1.82) is 0 Å². The fraction of sp³-hybridized carbons (Fsp3) is 0.429. The van der Waals surface area contributed by atoms with Gasteiger partial charge in [0.1, 0.15) is 6.33 Å². The lowest BCUT2D eigenvalue weighted by molar-refractivity contribution is -0.134. The van der Waals surface area contributed by atoms with Crippen LogP contribution in [0, 0.1) is 6.92 Å². The van der Waals surface area contributed by atoms with Crippen molar-refractivity contribution >= 4 is 29.4 Å². The summed E-state index contributed by atoms with van der Waals surface area (Å²) in [5.41, 5.74) is 7.45. The summed E-state index contributed by atoms with van der Waals surface area (Å²) in [4.78, 5) is 61.6. The summed E-state index contributed by atoms with van der Waals surface area (Å²) in [6.07, 6.45) is 10.2. The number of carbonyl (C=O) groups excluding carboxylic acids is 4. The second-order valence-corrected chi connectivity index (χ2v) is 15.8. The van der Waals surface area contributed by atoms with Crippen LogP contribution in [0.4, 0.5) is 4.79 Å². The Morgan fingerprint density at radius 2 is 1.75 bits per heavy atom. The number of hydrogen-bond acceptors (Lipinski definition) is 11. The van der Waals surface area contributed by atoms with E-state index < -0.39 is 17.6 Å². The molecule has 1 N–H and O–H groups in total. The molecule has 0 aliphatic carbocycles. The minimum Gasteiger partial charge on any atom is -0.370 e. The van der Waals surface area contributed by atoms with Crippen molar-refractivity contribution in [3.8, 4) is 11.3 Å². The average molecular weight is 761 g/mol. The molecule has 14 heteroatoms. The van der Waals surface area contributed by atoms with Crippen LogP contribution in [0.15, 0.2) is 72.0 Å². The minimum absolute atomic E-state index is 0.182.